The van der Waals surface area contributed by atoms with E-state index in [-0.39, 0.29) is 50.1 Å². The molecule has 8 nitrogen and oxygen atoms in total. The van der Waals surface area contributed by atoms with Crippen molar-refractivity contribution in [3.05, 3.63) is 35.4 Å². The number of aliphatic hydroxyl groups is 4. The Hall–Kier alpha value is -2.00. The standard InChI is InChI=1S/C24H34O8/c25-11-15-1-7-21(19(9-15)13-27)31-23(29)17-3-5-18(6-4-17)24(30)32-22-8-2-16(12-26)10-20(22)14-28/h3-6,15-16,19-22,25-28H,1-2,7-14H2. The maximum atomic E-state index is 12.5. The molecule has 2 aliphatic rings. The van der Waals surface area contributed by atoms with Gasteiger partial charge in [0.2, 0.25) is 0 Å². The van der Waals surface area contributed by atoms with Crippen molar-refractivity contribution in [1.29, 1.82) is 0 Å². The Balaban J connectivity index is 1.56. The van der Waals surface area contributed by atoms with Gasteiger partial charge in [-0.3, -0.25) is 0 Å². The van der Waals surface area contributed by atoms with Crippen LogP contribution in [0.2, 0.25) is 0 Å². The van der Waals surface area contributed by atoms with E-state index in [0.29, 0.717) is 36.8 Å². The SMILES string of the molecule is O=C(OC1CCC(CO)CC1CO)c1ccc(C(=O)OC2CCC(CO)CC2CO)cc1. The van der Waals surface area contributed by atoms with E-state index in [0.717, 1.165) is 12.8 Å². The smallest absolute Gasteiger partial charge is 0.338 e. The summed E-state index contributed by atoms with van der Waals surface area (Å²) in [6.45, 7) is -0.0736. The first-order valence-corrected chi connectivity index (χ1v) is 11.4. The van der Waals surface area contributed by atoms with E-state index in [2.05, 4.69) is 0 Å². The first-order valence-electron chi connectivity index (χ1n) is 11.4. The van der Waals surface area contributed by atoms with Crippen LogP contribution >= 0.6 is 0 Å². The second-order valence-electron chi connectivity index (χ2n) is 9.07. The summed E-state index contributed by atoms with van der Waals surface area (Å²) < 4.78 is 11.2. The summed E-state index contributed by atoms with van der Waals surface area (Å²) >= 11 is 0. The molecule has 0 aromatic heterocycles. The molecule has 0 spiro atoms. The average molecular weight is 451 g/mol. The number of ether oxygens (including phenoxy) is 2. The molecule has 2 fully saturated rings. The summed E-state index contributed by atoms with van der Waals surface area (Å²) in [5, 5.41) is 37.9. The van der Waals surface area contributed by atoms with Crippen molar-refractivity contribution in [2.75, 3.05) is 26.4 Å². The molecule has 178 valence electrons. The van der Waals surface area contributed by atoms with E-state index in [1.165, 1.54) is 24.3 Å². The summed E-state index contributed by atoms with van der Waals surface area (Å²) in [6.07, 6.45) is 3.10. The van der Waals surface area contributed by atoms with Gasteiger partial charge in [-0.2, -0.15) is 0 Å². The Kier molecular flexibility index (Phi) is 9.04. The van der Waals surface area contributed by atoms with Crippen molar-refractivity contribution in [3.8, 4) is 0 Å². The molecule has 6 unspecified atom stereocenters. The van der Waals surface area contributed by atoms with E-state index >= 15 is 0 Å². The van der Waals surface area contributed by atoms with E-state index in [4.69, 9.17) is 9.47 Å². The largest absolute Gasteiger partial charge is 0.458 e. The summed E-state index contributed by atoms with van der Waals surface area (Å²) in [6, 6.07) is 6.05. The highest BCUT2D eigenvalue weighted by Crippen LogP contribution is 2.32. The van der Waals surface area contributed by atoms with Crippen molar-refractivity contribution in [3.63, 3.8) is 0 Å². The maximum Gasteiger partial charge on any atom is 0.338 e. The van der Waals surface area contributed by atoms with Crippen LogP contribution in [0.4, 0.5) is 0 Å². The van der Waals surface area contributed by atoms with Crippen LogP contribution in [-0.4, -0.2) is 71.0 Å². The van der Waals surface area contributed by atoms with Crippen molar-refractivity contribution in [2.45, 2.75) is 50.7 Å². The fourth-order valence-corrected chi connectivity index (χ4v) is 4.85. The zero-order valence-corrected chi connectivity index (χ0v) is 18.3. The van der Waals surface area contributed by atoms with Crippen LogP contribution in [-0.2, 0) is 9.47 Å². The molecule has 0 radical (unpaired) electrons. The fraction of sp³-hybridized carbons (Fsp3) is 0.667. The van der Waals surface area contributed by atoms with E-state index in [1.807, 2.05) is 0 Å². The van der Waals surface area contributed by atoms with Crippen molar-refractivity contribution in [2.24, 2.45) is 23.7 Å². The van der Waals surface area contributed by atoms with Gasteiger partial charge in [0.05, 0.1) is 11.1 Å². The van der Waals surface area contributed by atoms with Gasteiger partial charge in [-0.05, 0) is 74.6 Å². The Bertz CT molecular complexity index is 686. The van der Waals surface area contributed by atoms with Crippen LogP contribution in [0, 0.1) is 23.7 Å². The number of aliphatic hydroxyl groups excluding tert-OH is 4. The van der Waals surface area contributed by atoms with Crippen LogP contribution in [0.5, 0.6) is 0 Å². The van der Waals surface area contributed by atoms with Crippen LogP contribution in [0.25, 0.3) is 0 Å². The monoisotopic (exact) mass is 450 g/mol. The molecule has 3 rings (SSSR count). The minimum Gasteiger partial charge on any atom is -0.458 e. The maximum absolute atomic E-state index is 12.5. The zero-order valence-electron chi connectivity index (χ0n) is 18.3. The van der Waals surface area contributed by atoms with Crippen molar-refractivity contribution < 1.29 is 39.5 Å². The number of hydrogen-bond acceptors (Lipinski definition) is 8. The highest BCUT2D eigenvalue weighted by molar-refractivity contribution is 5.93. The number of rotatable bonds is 8. The summed E-state index contributed by atoms with van der Waals surface area (Å²) in [5.74, 6) is -1.18. The Morgan fingerprint density at radius 2 is 1.03 bits per heavy atom. The topological polar surface area (TPSA) is 134 Å². The molecular formula is C24H34O8. The highest BCUT2D eigenvalue weighted by atomic mass is 16.5. The summed E-state index contributed by atoms with van der Waals surface area (Å²) in [4.78, 5) is 25.1. The van der Waals surface area contributed by atoms with Gasteiger partial charge < -0.3 is 29.9 Å². The zero-order chi connectivity index (χ0) is 23.1. The molecule has 4 N–H and O–H groups in total. The molecule has 0 bridgehead atoms. The van der Waals surface area contributed by atoms with Crippen molar-refractivity contribution in [1.82, 2.24) is 0 Å². The normalized spacial score (nSPS) is 30.5. The van der Waals surface area contributed by atoms with E-state index in [9.17, 15) is 30.0 Å². The molecule has 0 amide bonds. The first-order chi connectivity index (χ1) is 15.5. The lowest BCUT2D eigenvalue weighted by molar-refractivity contribution is -0.0262. The Morgan fingerprint density at radius 3 is 1.34 bits per heavy atom. The van der Waals surface area contributed by atoms with Gasteiger partial charge in [0.25, 0.3) is 0 Å². The Labute approximate surface area is 188 Å². The lowest BCUT2D eigenvalue weighted by Crippen LogP contribution is -2.36. The fourth-order valence-electron chi connectivity index (χ4n) is 4.85. The molecule has 1 aromatic carbocycles. The molecule has 2 aliphatic carbocycles. The predicted molar refractivity (Wildman–Crippen MR) is 115 cm³/mol. The molecule has 8 heteroatoms. The number of esters is 2. The summed E-state index contributed by atoms with van der Waals surface area (Å²) in [7, 11) is 0. The first kappa shape index (κ1) is 24.6. The number of benzene rings is 1. The quantitative estimate of drug-likeness (QED) is 0.438. The van der Waals surface area contributed by atoms with Crippen LogP contribution in [0.15, 0.2) is 24.3 Å². The van der Waals surface area contributed by atoms with Gasteiger partial charge in [0.15, 0.2) is 0 Å². The minimum absolute atomic E-state index is 0.0661. The second-order valence-corrected chi connectivity index (χ2v) is 9.07. The third-order valence-corrected chi connectivity index (χ3v) is 6.90. The third-order valence-electron chi connectivity index (χ3n) is 6.90. The molecule has 0 saturated heterocycles. The molecular weight excluding hydrogens is 416 g/mol. The number of carbonyl (C=O) groups is 2. The number of carbonyl (C=O) groups excluding carboxylic acids is 2. The minimum atomic E-state index is -0.515. The van der Waals surface area contributed by atoms with Gasteiger partial charge >= 0.3 is 11.9 Å². The Morgan fingerprint density at radius 1 is 0.656 bits per heavy atom. The lowest BCUT2D eigenvalue weighted by atomic mass is 9.80. The molecule has 0 aliphatic heterocycles. The predicted octanol–water partition coefficient (Wildman–Crippen LogP) is 1.54. The van der Waals surface area contributed by atoms with Gasteiger partial charge in [-0.1, -0.05) is 0 Å². The van der Waals surface area contributed by atoms with Crippen LogP contribution < -0.4 is 0 Å². The average Bonchev–Trinajstić information content (AvgIpc) is 2.84. The van der Waals surface area contributed by atoms with Gasteiger partial charge in [0, 0.05) is 38.3 Å². The molecule has 32 heavy (non-hydrogen) atoms. The second kappa shape index (κ2) is 11.7. The van der Waals surface area contributed by atoms with Gasteiger partial charge in [-0.25, -0.2) is 9.59 Å². The lowest BCUT2D eigenvalue weighted by Gasteiger charge is -2.34. The third kappa shape index (κ3) is 6.07. The highest BCUT2D eigenvalue weighted by Gasteiger charge is 2.34. The van der Waals surface area contributed by atoms with E-state index in [1.54, 1.807) is 0 Å². The summed E-state index contributed by atoms with van der Waals surface area (Å²) in [5.41, 5.74) is 0.610. The molecule has 2 saturated carbocycles. The van der Waals surface area contributed by atoms with Crippen LogP contribution in [0.3, 0.4) is 0 Å². The van der Waals surface area contributed by atoms with Gasteiger partial charge in [-0.15, -0.1) is 0 Å². The molecule has 1 aromatic rings. The van der Waals surface area contributed by atoms with Crippen molar-refractivity contribution >= 4 is 11.9 Å². The van der Waals surface area contributed by atoms with Gasteiger partial charge in [0.1, 0.15) is 12.2 Å². The molecule has 0 heterocycles. The molecule has 6 atom stereocenters. The number of hydrogen-bond donors (Lipinski definition) is 4. The van der Waals surface area contributed by atoms with E-state index < -0.39 is 24.1 Å². The van der Waals surface area contributed by atoms with Crippen LogP contribution in [0.1, 0.15) is 59.2 Å².